The van der Waals surface area contributed by atoms with Gasteiger partial charge in [0.1, 0.15) is 24.2 Å². The minimum Gasteiger partial charge on any atom is -0.496 e. The molecule has 0 saturated heterocycles. The number of rotatable bonds is 19. The van der Waals surface area contributed by atoms with Crippen LogP contribution in [0.15, 0.2) is 61.7 Å². The lowest BCUT2D eigenvalue weighted by Crippen LogP contribution is -2.39. The molecule has 2 fully saturated rings. The summed E-state index contributed by atoms with van der Waals surface area (Å²) < 4.78 is 24.0. The van der Waals surface area contributed by atoms with E-state index < -0.39 is 6.10 Å². The van der Waals surface area contributed by atoms with Crippen LogP contribution < -0.4 is 9.47 Å². The molecular weight excluding hydrogens is 624 g/mol. The summed E-state index contributed by atoms with van der Waals surface area (Å²) >= 11 is 0. The van der Waals surface area contributed by atoms with E-state index in [2.05, 4.69) is 65.1 Å². The summed E-state index contributed by atoms with van der Waals surface area (Å²) in [5, 5.41) is 20.7. The maximum absolute atomic E-state index is 10.9. The number of aliphatic hydroxyl groups excluding tert-OH is 2. The maximum Gasteiger partial charge on any atom is 0.122 e. The summed E-state index contributed by atoms with van der Waals surface area (Å²) in [4.78, 5) is 0. The van der Waals surface area contributed by atoms with Gasteiger partial charge in [0.15, 0.2) is 0 Å². The molecule has 0 bridgehead atoms. The Morgan fingerprint density at radius 1 is 0.700 bits per heavy atom. The first-order chi connectivity index (χ1) is 23.9. The fourth-order valence-corrected chi connectivity index (χ4v) is 8.20. The standard InChI is InChI=1S/C44H66O6/c1-9-12-31-26-35(18-24-41(31)47-8)44(6,7)36-19-25-42(32(27-36)13-10-2)50-30-38(46)29-49-40-22-16-34(17-23-40)43(4,5)33-14-20-39(21-15-33)48-28-37(45)11-3/h9-10,18-19,24-27,33-34,37-40,45-46H,1-2,11-17,20-23,28-30H2,3-8H3. The molecule has 2 aromatic carbocycles. The van der Waals surface area contributed by atoms with Gasteiger partial charge in [-0.3, -0.25) is 0 Å². The van der Waals surface area contributed by atoms with Crippen molar-refractivity contribution < 1.29 is 29.2 Å². The van der Waals surface area contributed by atoms with Gasteiger partial charge in [-0.15, -0.1) is 13.2 Å². The van der Waals surface area contributed by atoms with Crippen LogP contribution in [0.5, 0.6) is 11.5 Å². The van der Waals surface area contributed by atoms with Crippen LogP contribution in [0.25, 0.3) is 0 Å². The van der Waals surface area contributed by atoms with E-state index in [-0.39, 0.29) is 30.8 Å². The van der Waals surface area contributed by atoms with Gasteiger partial charge in [-0.1, -0.05) is 71.0 Å². The summed E-state index contributed by atoms with van der Waals surface area (Å²) in [7, 11) is 1.70. The van der Waals surface area contributed by atoms with Crippen LogP contribution >= 0.6 is 0 Å². The van der Waals surface area contributed by atoms with Gasteiger partial charge in [0, 0.05) is 5.41 Å². The fourth-order valence-electron chi connectivity index (χ4n) is 8.20. The number of allylic oxidation sites excluding steroid dienone is 2. The van der Waals surface area contributed by atoms with Gasteiger partial charge in [-0.05, 0) is 122 Å². The summed E-state index contributed by atoms with van der Waals surface area (Å²) in [6.45, 7) is 20.2. The molecule has 2 aliphatic rings. The smallest absolute Gasteiger partial charge is 0.122 e. The molecule has 0 heterocycles. The minimum absolute atomic E-state index is 0.183. The van der Waals surface area contributed by atoms with Gasteiger partial charge < -0.3 is 29.2 Å². The molecule has 0 spiro atoms. The fraction of sp³-hybridized carbons (Fsp3) is 0.636. The molecular formula is C44H66O6. The number of benzene rings is 2. The monoisotopic (exact) mass is 690 g/mol. The van der Waals surface area contributed by atoms with Gasteiger partial charge in [0.2, 0.25) is 0 Å². The van der Waals surface area contributed by atoms with Crippen molar-refractivity contribution >= 4 is 0 Å². The van der Waals surface area contributed by atoms with Crippen molar-refractivity contribution in [3.8, 4) is 11.5 Å². The van der Waals surface area contributed by atoms with E-state index in [0.29, 0.717) is 36.4 Å². The van der Waals surface area contributed by atoms with Crippen LogP contribution in [0.3, 0.4) is 0 Å². The van der Waals surface area contributed by atoms with Gasteiger partial charge >= 0.3 is 0 Å². The van der Waals surface area contributed by atoms with Crippen molar-refractivity contribution in [3.05, 3.63) is 84.0 Å². The second kappa shape index (κ2) is 18.7. The van der Waals surface area contributed by atoms with Crippen LogP contribution in [0.2, 0.25) is 0 Å². The van der Waals surface area contributed by atoms with Crippen LogP contribution in [-0.2, 0) is 27.7 Å². The van der Waals surface area contributed by atoms with E-state index in [1.807, 2.05) is 31.2 Å². The zero-order valence-electron chi connectivity index (χ0n) is 31.9. The summed E-state index contributed by atoms with van der Waals surface area (Å²) in [5.41, 5.74) is 4.61. The topological polar surface area (TPSA) is 77.4 Å². The molecule has 6 heteroatoms. The van der Waals surface area contributed by atoms with Crippen LogP contribution in [0.4, 0.5) is 0 Å². The van der Waals surface area contributed by atoms with Gasteiger partial charge in [0.05, 0.1) is 38.6 Å². The largest absolute Gasteiger partial charge is 0.496 e. The van der Waals surface area contributed by atoms with E-state index in [4.69, 9.17) is 18.9 Å². The van der Waals surface area contributed by atoms with Crippen molar-refractivity contribution in [2.24, 2.45) is 17.3 Å². The van der Waals surface area contributed by atoms with E-state index in [0.717, 1.165) is 61.2 Å². The molecule has 0 radical (unpaired) electrons. The Hall–Kier alpha value is -2.64. The first kappa shape index (κ1) is 40.1. The molecule has 50 heavy (non-hydrogen) atoms. The Balaban J connectivity index is 1.25. The normalized spacial score (nSPS) is 22.8. The Kier molecular flexibility index (Phi) is 15.0. The number of hydrogen-bond donors (Lipinski definition) is 2. The van der Waals surface area contributed by atoms with Gasteiger partial charge in [-0.25, -0.2) is 0 Å². The number of hydrogen-bond acceptors (Lipinski definition) is 6. The quantitative estimate of drug-likeness (QED) is 0.143. The van der Waals surface area contributed by atoms with Crippen molar-refractivity contribution in [2.45, 2.75) is 135 Å². The molecule has 4 rings (SSSR count). The van der Waals surface area contributed by atoms with E-state index in [1.54, 1.807) is 7.11 Å². The van der Waals surface area contributed by atoms with Gasteiger partial charge in [-0.2, -0.15) is 0 Å². The second-order valence-electron chi connectivity index (χ2n) is 15.9. The molecule has 2 saturated carbocycles. The molecule has 2 aliphatic carbocycles. The molecule has 2 atom stereocenters. The lowest BCUT2D eigenvalue weighted by atomic mass is 9.60. The Bertz CT molecular complexity index is 1350. The first-order valence-electron chi connectivity index (χ1n) is 19.2. The molecule has 2 unspecified atom stereocenters. The number of aliphatic hydroxyl groups is 2. The molecule has 0 aliphatic heterocycles. The van der Waals surface area contributed by atoms with Crippen LogP contribution in [0.1, 0.15) is 115 Å². The highest BCUT2D eigenvalue weighted by atomic mass is 16.5. The molecule has 0 amide bonds. The van der Waals surface area contributed by atoms with Crippen LogP contribution in [0, 0.1) is 17.3 Å². The van der Waals surface area contributed by atoms with Crippen molar-refractivity contribution in [3.63, 3.8) is 0 Å². The zero-order valence-corrected chi connectivity index (χ0v) is 31.9. The predicted octanol–water partition coefficient (Wildman–Crippen LogP) is 9.17. The molecule has 0 aromatic heterocycles. The summed E-state index contributed by atoms with van der Waals surface area (Å²) in [5.74, 6) is 3.05. The average Bonchev–Trinajstić information content (AvgIpc) is 3.12. The molecule has 2 N–H and O–H groups in total. The Labute approximate surface area is 303 Å². The van der Waals surface area contributed by atoms with Crippen molar-refractivity contribution in [1.82, 2.24) is 0 Å². The molecule has 2 aromatic rings. The molecule has 6 nitrogen and oxygen atoms in total. The maximum atomic E-state index is 10.9. The Morgan fingerprint density at radius 2 is 1.16 bits per heavy atom. The summed E-state index contributed by atoms with van der Waals surface area (Å²) in [6, 6.07) is 12.7. The van der Waals surface area contributed by atoms with Crippen molar-refractivity contribution in [2.75, 3.05) is 26.9 Å². The third-order valence-electron chi connectivity index (χ3n) is 11.9. The van der Waals surface area contributed by atoms with E-state index in [1.165, 1.54) is 36.8 Å². The highest BCUT2D eigenvalue weighted by molar-refractivity contribution is 5.48. The number of ether oxygens (including phenoxy) is 4. The minimum atomic E-state index is -0.699. The van der Waals surface area contributed by atoms with Crippen molar-refractivity contribution in [1.29, 1.82) is 0 Å². The average molecular weight is 691 g/mol. The van der Waals surface area contributed by atoms with Crippen LogP contribution in [-0.4, -0.2) is 61.6 Å². The lowest BCUT2D eigenvalue weighted by molar-refractivity contribution is -0.0638. The highest BCUT2D eigenvalue weighted by Gasteiger charge is 2.41. The lowest BCUT2D eigenvalue weighted by Gasteiger charge is -2.46. The van der Waals surface area contributed by atoms with E-state index in [9.17, 15) is 10.2 Å². The highest BCUT2D eigenvalue weighted by Crippen LogP contribution is 2.49. The van der Waals surface area contributed by atoms with E-state index >= 15 is 0 Å². The number of methoxy groups -OCH3 is 1. The molecule has 278 valence electrons. The zero-order chi connectivity index (χ0) is 36.3. The SMILES string of the molecule is C=CCc1cc(C(C)(C)c2ccc(OCC(O)COC3CCC(C(C)(C)C4CCC(OCC(O)CC)CC4)CC3)c(CC=C)c2)ccc1OC. The summed E-state index contributed by atoms with van der Waals surface area (Å²) in [6.07, 6.45) is 14.4. The first-order valence-corrected chi connectivity index (χ1v) is 19.2. The van der Waals surface area contributed by atoms with Gasteiger partial charge in [0.25, 0.3) is 0 Å². The third kappa shape index (κ3) is 10.5. The third-order valence-corrected chi connectivity index (χ3v) is 11.9. The second-order valence-corrected chi connectivity index (χ2v) is 15.9. The predicted molar refractivity (Wildman–Crippen MR) is 204 cm³/mol. The Morgan fingerprint density at radius 3 is 1.62 bits per heavy atom.